The lowest BCUT2D eigenvalue weighted by Gasteiger charge is -2.31. The first-order valence-corrected chi connectivity index (χ1v) is 4.92. The van der Waals surface area contributed by atoms with E-state index >= 15 is 0 Å². The van der Waals surface area contributed by atoms with Gasteiger partial charge in [0.15, 0.2) is 0 Å². The summed E-state index contributed by atoms with van der Waals surface area (Å²) in [6, 6.07) is 2.78. The van der Waals surface area contributed by atoms with Crippen LogP contribution in [0.15, 0.2) is 18.5 Å². The van der Waals surface area contributed by atoms with Crippen LogP contribution in [0.2, 0.25) is 0 Å². The predicted octanol–water partition coefficient (Wildman–Crippen LogP) is 0.808. The van der Waals surface area contributed by atoms with E-state index in [4.69, 9.17) is 0 Å². The maximum absolute atomic E-state index is 3.44. The van der Waals surface area contributed by atoms with Gasteiger partial charge in [0.05, 0.1) is 0 Å². The molecule has 2 heterocycles. The van der Waals surface area contributed by atoms with Crippen molar-refractivity contribution in [2.45, 2.75) is 19.5 Å². The second-order valence-corrected chi connectivity index (χ2v) is 3.81. The average Bonchev–Trinajstić information content (AvgIpc) is 2.57. The fraction of sp³-hybridized carbons (Fsp3) is 0.600. The molecular formula is C10H17N3. The summed E-state index contributed by atoms with van der Waals surface area (Å²) in [5.41, 5.74) is 1.38. The molecule has 0 radical (unpaired) electrons. The molecule has 0 spiro atoms. The molecule has 0 saturated carbocycles. The zero-order valence-electron chi connectivity index (χ0n) is 8.09. The van der Waals surface area contributed by atoms with E-state index in [2.05, 4.69) is 34.4 Å². The third-order valence-electron chi connectivity index (χ3n) is 2.52. The molecule has 0 amide bonds. The van der Waals surface area contributed by atoms with E-state index in [1.807, 2.05) is 6.20 Å². The van der Waals surface area contributed by atoms with Gasteiger partial charge in [0, 0.05) is 44.6 Å². The molecule has 3 heteroatoms. The zero-order valence-corrected chi connectivity index (χ0v) is 8.09. The second-order valence-electron chi connectivity index (χ2n) is 3.81. The highest BCUT2D eigenvalue weighted by atomic mass is 15.2. The molecule has 2 rings (SSSR count). The Morgan fingerprint density at radius 3 is 3.23 bits per heavy atom. The Balaban J connectivity index is 1.87. The number of nitrogens with zero attached hydrogens (tertiary/aromatic N) is 1. The normalized spacial score (nSPS) is 24.8. The van der Waals surface area contributed by atoms with E-state index in [9.17, 15) is 0 Å². The Hall–Kier alpha value is -0.800. The molecule has 2 N–H and O–H groups in total. The number of aromatic amines is 1. The molecule has 1 atom stereocenters. The van der Waals surface area contributed by atoms with Crippen LogP contribution in [-0.2, 0) is 6.54 Å². The maximum atomic E-state index is 3.44. The van der Waals surface area contributed by atoms with Crippen molar-refractivity contribution in [2.24, 2.45) is 0 Å². The van der Waals surface area contributed by atoms with Crippen LogP contribution in [0.4, 0.5) is 0 Å². The predicted molar refractivity (Wildman–Crippen MR) is 53.5 cm³/mol. The number of hydrogen-bond acceptors (Lipinski definition) is 2. The van der Waals surface area contributed by atoms with Gasteiger partial charge < -0.3 is 10.3 Å². The summed E-state index contributed by atoms with van der Waals surface area (Å²) in [5.74, 6) is 0. The molecule has 1 fully saturated rings. The van der Waals surface area contributed by atoms with Gasteiger partial charge in [-0.15, -0.1) is 0 Å². The van der Waals surface area contributed by atoms with Crippen molar-refractivity contribution in [1.29, 1.82) is 0 Å². The van der Waals surface area contributed by atoms with Crippen molar-refractivity contribution in [3.05, 3.63) is 24.0 Å². The minimum Gasteiger partial charge on any atom is -0.367 e. The van der Waals surface area contributed by atoms with Crippen molar-refractivity contribution in [3.63, 3.8) is 0 Å². The van der Waals surface area contributed by atoms with Crippen LogP contribution in [0.1, 0.15) is 12.5 Å². The van der Waals surface area contributed by atoms with Crippen molar-refractivity contribution in [3.8, 4) is 0 Å². The lowest BCUT2D eigenvalue weighted by Crippen LogP contribution is -2.48. The molecule has 0 bridgehead atoms. The summed E-state index contributed by atoms with van der Waals surface area (Å²) in [6.45, 7) is 6.76. The van der Waals surface area contributed by atoms with Gasteiger partial charge in [0.2, 0.25) is 0 Å². The van der Waals surface area contributed by atoms with Crippen molar-refractivity contribution >= 4 is 0 Å². The third-order valence-corrected chi connectivity index (χ3v) is 2.52. The summed E-state index contributed by atoms with van der Waals surface area (Å²) in [6.07, 6.45) is 4.06. The third kappa shape index (κ3) is 2.32. The number of nitrogens with one attached hydrogen (secondary N) is 2. The number of piperazine rings is 1. The SMILES string of the molecule is C[C@@H]1CN(Cc2cc[nH]c2)CCN1. The average molecular weight is 179 g/mol. The fourth-order valence-electron chi connectivity index (χ4n) is 1.87. The van der Waals surface area contributed by atoms with Crippen LogP contribution in [0, 0.1) is 0 Å². The first-order valence-electron chi connectivity index (χ1n) is 4.92. The standard InChI is InChI=1S/C10H17N3/c1-9-7-13(5-4-12-9)8-10-2-3-11-6-10/h2-3,6,9,11-12H,4-5,7-8H2,1H3/t9-/m1/s1. The Bertz CT molecular complexity index is 243. The van der Waals surface area contributed by atoms with Crippen molar-refractivity contribution in [2.75, 3.05) is 19.6 Å². The van der Waals surface area contributed by atoms with Crippen LogP contribution >= 0.6 is 0 Å². The summed E-state index contributed by atoms with van der Waals surface area (Å²) in [4.78, 5) is 5.58. The molecule has 0 aliphatic carbocycles. The van der Waals surface area contributed by atoms with E-state index in [0.717, 1.165) is 26.2 Å². The van der Waals surface area contributed by atoms with Gasteiger partial charge in [-0.25, -0.2) is 0 Å². The summed E-state index contributed by atoms with van der Waals surface area (Å²) in [5, 5.41) is 3.44. The minimum absolute atomic E-state index is 0.632. The Labute approximate surface area is 79.1 Å². The van der Waals surface area contributed by atoms with Gasteiger partial charge in [0.1, 0.15) is 0 Å². The molecule has 0 aromatic carbocycles. The topological polar surface area (TPSA) is 31.1 Å². The largest absolute Gasteiger partial charge is 0.367 e. The summed E-state index contributed by atoms with van der Waals surface area (Å²) < 4.78 is 0. The highest BCUT2D eigenvalue weighted by Crippen LogP contribution is 2.06. The molecule has 3 nitrogen and oxygen atoms in total. The molecule has 1 aliphatic rings. The molecule has 13 heavy (non-hydrogen) atoms. The molecule has 1 aromatic heterocycles. The van der Waals surface area contributed by atoms with E-state index < -0.39 is 0 Å². The molecule has 0 unspecified atom stereocenters. The Morgan fingerprint density at radius 1 is 1.62 bits per heavy atom. The van der Waals surface area contributed by atoms with Gasteiger partial charge in [-0.05, 0) is 18.6 Å². The smallest absolute Gasteiger partial charge is 0.0249 e. The number of aromatic nitrogens is 1. The Morgan fingerprint density at radius 2 is 2.54 bits per heavy atom. The summed E-state index contributed by atoms with van der Waals surface area (Å²) in [7, 11) is 0. The van der Waals surface area contributed by atoms with Crippen LogP contribution in [0.25, 0.3) is 0 Å². The zero-order chi connectivity index (χ0) is 9.10. The van der Waals surface area contributed by atoms with Gasteiger partial charge in [-0.1, -0.05) is 0 Å². The van der Waals surface area contributed by atoms with Gasteiger partial charge in [0.25, 0.3) is 0 Å². The van der Waals surface area contributed by atoms with Crippen molar-refractivity contribution < 1.29 is 0 Å². The van der Waals surface area contributed by atoms with Crippen LogP contribution in [-0.4, -0.2) is 35.6 Å². The molecule has 1 aliphatic heterocycles. The van der Waals surface area contributed by atoms with Gasteiger partial charge in [-0.2, -0.15) is 0 Å². The molecule has 1 aromatic rings. The first-order chi connectivity index (χ1) is 6.34. The lowest BCUT2D eigenvalue weighted by molar-refractivity contribution is 0.200. The van der Waals surface area contributed by atoms with Crippen LogP contribution in [0.5, 0.6) is 0 Å². The monoisotopic (exact) mass is 179 g/mol. The Kier molecular flexibility index (Phi) is 2.66. The fourth-order valence-corrected chi connectivity index (χ4v) is 1.87. The van der Waals surface area contributed by atoms with E-state index in [0.29, 0.717) is 6.04 Å². The minimum atomic E-state index is 0.632. The highest BCUT2D eigenvalue weighted by Gasteiger charge is 2.15. The lowest BCUT2D eigenvalue weighted by atomic mass is 10.2. The van der Waals surface area contributed by atoms with E-state index in [1.54, 1.807) is 0 Å². The van der Waals surface area contributed by atoms with Crippen molar-refractivity contribution in [1.82, 2.24) is 15.2 Å². The van der Waals surface area contributed by atoms with Crippen LogP contribution in [0.3, 0.4) is 0 Å². The van der Waals surface area contributed by atoms with E-state index in [-0.39, 0.29) is 0 Å². The van der Waals surface area contributed by atoms with Gasteiger partial charge in [-0.3, -0.25) is 4.90 Å². The highest BCUT2D eigenvalue weighted by molar-refractivity contribution is 5.08. The number of hydrogen-bond donors (Lipinski definition) is 2. The van der Waals surface area contributed by atoms with Gasteiger partial charge >= 0.3 is 0 Å². The number of rotatable bonds is 2. The molecular weight excluding hydrogens is 162 g/mol. The second kappa shape index (κ2) is 3.94. The first kappa shape index (κ1) is 8.78. The quantitative estimate of drug-likeness (QED) is 0.704. The van der Waals surface area contributed by atoms with E-state index in [1.165, 1.54) is 5.56 Å². The number of H-pyrrole nitrogens is 1. The van der Waals surface area contributed by atoms with Crippen LogP contribution < -0.4 is 5.32 Å². The summed E-state index contributed by atoms with van der Waals surface area (Å²) >= 11 is 0. The molecule has 72 valence electrons. The molecule has 1 saturated heterocycles. The maximum Gasteiger partial charge on any atom is 0.0249 e.